The first-order chi connectivity index (χ1) is 13.8. The Balaban J connectivity index is 1.72. The summed E-state index contributed by atoms with van der Waals surface area (Å²) >= 11 is 0. The number of allylic oxidation sites excluding steroid dienone is 1. The molecule has 8 heteroatoms. The van der Waals surface area contributed by atoms with Crippen molar-refractivity contribution < 1.29 is 23.4 Å². The van der Waals surface area contributed by atoms with Crippen molar-refractivity contribution in [2.45, 2.75) is 4.90 Å². The van der Waals surface area contributed by atoms with Gasteiger partial charge in [-0.3, -0.25) is 9.52 Å². The molecule has 29 heavy (non-hydrogen) atoms. The molecule has 0 saturated heterocycles. The monoisotopic (exact) mass is 410 g/mol. The number of aromatic hydroxyl groups is 2. The fraction of sp³-hybridized carbons (Fsp3) is 0. The molecule has 0 heterocycles. The zero-order valence-corrected chi connectivity index (χ0v) is 15.9. The quantitative estimate of drug-likeness (QED) is 0.213. The molecule has 148 valence electrons. The lowest BCUT2D eigenvalue weighted by Gasteiger charge is -2.10. The highest BCUT2D eigenvalue weighted by Crippen LogP contribution is 2.25. The van der Waals surface area contributed by atoms with Gasteiger partial charge in [0.25, 0.3) is 10.0 Å². The van der Waals surface area contributed by atoms with Crippen LogP contribution < -0.4 is 10.5 Å². The number of para-hydroxylation sites is 1. The van der Waals surface area contributed by atoms with Crippen molar-refractivity contribution in [2.75, 3.05) is 10.5 Å². The number of nitrogens with one attached hydrogen (secondary N) is 1. The maximum atomic E-state index is 12.4. The van der Waals surface area contributed by atoms with Crippen molar-refractivity contribution in [1.82, 2.24) is 0 Å². The lowest BCUT2D eigenvalue weighted by molar-refractivity contribution is 0.104. The number of hydrogen-bond donors (Lipinski definition) is 4. The van der Waals surface area contributed by atoms with Crippen LogP contribution in [0.5, 0.6) is 11.5 Å². The fourth-order valence-corrected chi connectivity index (χ4v) is 3.74. The first kappa shape index (κ1) is 20.0. The van der Waals surface area contributed by atoms with Crippen LogP contribution in [-0.2, 0) is 10.0 Å². The van der Waals surface area contributed by atoms with E-state index in [0.717, 1.165) is 0 Å². The summed E-state index contributed by atoms with van der Waals surface area (Å²) in [6, 6.07) is 16.2. The molecule has 0 amide bonds. The third-order valence-corrected chi connectivity index (χ3v) is 5.51. The van der Waals surface area contributed by atoms with Gasteiger partial charge in [0.2, 0.25) is 0 Å². The van der Waals surface area contributed by atoms with Crippen molar-refractivity contribution in [1.29, 1.82) is 0 Å². The van der Waals surface area contributed by atoms with E-state index in [1.807, 2.05) is 0 Å². The molecule has 7 nitrogen and oxygen atoms in total. The smallest absolute Gasteiger partial charge is 0.263 e. The number of ketones is 1. The maximum Gasteiger partial charge on any atom is 0.263 e. The van der Waals surface area contributed by atoms with Gasteiger partial charge in [-0.05, 0) is 60.2 Å². The van der Waals surface area contributed by atoms with Crippen LogP contribution in [0.2, 0.25) is 0 Å². The summed E-state index contributed by atoms with van der Waals surface area (Å²) < 4.78 is 27.3. The van der Waals surface area contributed by atoms with Gasteiger partial charge in [0.1, 0.15) is 4.90 Å². The molecule has 0 aliphatic rings. The molecule has 0 unspecified atom stereocenters. The number of nitrogens with two attached hydrogens (primary N) is 1. The van der Waals surface area contributed by atoms with Crippen LogP contribution in [0.15, 0.2) is 77.7 Å². The number of phenolic OH excluding ortho intramolecular Hbond substituents is 2. The number of anilines is 2. The Bertz CT molecular complexity index is 1190. The average Bonchev–Trinajstić information content (AvgIpc) is 2.69. The van der Waals surface area contributed by atoms with Gasteiger partial charge in [-0.25, -0.2) is 8.42 Å². The first-order valence-corrected chi connectivity index (χ1v) is 9.96. The van der Waals surface area contributed by atoms with Gasteiger partial charge in [0.05, 0.1) is 5.69 Å². The van der Waals surface area contributed by atoms with Gasteiger partial charge in [-0.2, -0.15) is 0 Å². The zero-order chi connectivity index (χ0) is 21.0. The standard InChI is InChI=1S/C21H18N2O5S/c22-17-3-1-2-4-21(17)29(27,28)23-16-9-7-15(8-10-16)18(24)11-5-14-6-12-19(25)20(26)13-14/h1-13,23,25-26H,22H2/b11-5+. The Kier molecular flexibility index (Phi) is 5.56. The van der Waals surface area contributed by atoms with E-state index in [1.165, 1.54) is 60.7 Å². The molecule has 5 N–H and O–H groups in total. The average molecular weight is 410 g/mol. The Labute approximate surface area is 167 Å². The molecule has 0 radical (unpaired) electrons. The molecule has 0 aliphatic heterocycles. The van der Waals surface area contributed by atoms with Gasteiger partial charge in [-0.1, -0.05) is 24.3 Å². The lowest BCUT2D eigenvalue weighted by Crippen LogP contribution is -2.14. The molecule has 0 aromatic heterocycles. The van der Waals surface area contributed by atoms with Crippen LogP contribution in [0, 0.1) is 0 Å². The Hall–Kier alpha value is -3.78. The summed E-state index contributed by atoms with van der Waals surface area (Å²) in [5.41, 5.74) is 7.04. The Morgan fingerprint density at radius 2 is 1.62 bits per heavy atom. The van der Waals surface area contributed by atoms with Crippen molar-refractivity contribution in [3.05, 3.63) is 83.9 Å². The normalized spacial score (nSPS) is 11.4. The molecule has 3 rings (SSSR count). The fourth-order valence-electron chi connectivity index (χ4n) is 2.55. The van der Waals surface area contributed by atoms with Crippen molar-refractivity contribution in [3.8, 4) is 11.5 Å². The molecule has 0 fully saturated rings. The predicted molar refractivity (Wildman–Crippen MR) is 111 cm³/mol. The highest BCUT2D eigenvalue weighted by Gasteiger charge is 2.17. The van der Waals surface area contributed by atoms with Gasteiger partial charge in [0.15, 0.2) is 17.3 Å². The van der Waals surface area contributed by atoms with E-state index in [2.05, 4.69) is 4.72 Å². The number of sulfonamides is 1. The van der Waals surface area contributed by atoms with E-state index in [9.17, 15) is 23.4 Å². The molecule has 0 atom stereocenters. The van der Waals surface area contributed by atoms with Crippen molar-refractivity contribution in [3.63, 3.8) is 0 Å². The van der Waals surface area contributed by atoms with E-state index in [-0.39, 0.29) is 33.6 Å². The summed E-state index contributed by atoms with van der Waals surface area (Å²) in [6.07, 6.45) is 2.81. The molecular weight excluding hydrogens is 392 g/mol. The van der Waals surface area contributed by atoms with Crippen LogP contribution in [0.1, 0.15) is 15.9 Å². The van der Waals surface area contributed by atoms with Gasteiger partial charge < -0.3 is 15.9 Å². The minimum absolute atomic E-state index is 0.0276. The van der Waals surface area contributed by atoms with E-state index < -0.39 is 10.0 Å². The largest absolute Gasteiger partial charge is 0.504 e. The highest BCUT2D eigenvalue weighted by atomic mass is 32.2. The third-order valence-electron chi connectivity index (χ3n) is 4.06. The molecule has 3 aromatic rings. The topological polar surface area (TPSA) is 130 Å². The van der Waals surface area contributed by atoms with E-state index >= 15 is 0 Å². The number of benzene rings is 3. The van der Waals surface area contributed by atoms with E-state index in [4.69, 9.17) is 5.73 Å². The van der Waals surface area contributed by atoms with Crippen molar-refractivity contribution >= 4 is 33.3 Å². The minimum Gasteiger partial charge on any atom is -0.504 e. The molecule has 0 saturated carbocycles. The summed E-state index contributed by atoms with van der Waals surface area (Å²) in [5.74, 6) is -0.835. The second-order valence-electron chi connectivity index (χ2n) is 6.17. The minimum atomic E-state index is -3.85. The number of rotatable bonds is 6. The van der Waals surface area contributed by atoms with Crippen LogP contribution in [0.4, 0.5) is 11.4 Å². The van der Waals surface area contributed by atoms with E-state index in [1.54, 1.807) is 18.2 Å². The first-order valence-electron chi connectivity index (χ1n) is 8.48. The summed E-state index contributed by atoms with van der Waals surface area (Å²) in [6.45, 7) is 0. The molecule has 0 aliphatic carbocycles. The summed E-state index contributed by atoms with van der Waals surface area (Å²) in [5, 5.41) is 18.8. The van der Waals surface area contributed by atoms with Crippen LogP contribution in [0.3, 0.4) is 0 Å². The van der Waals surface area contributed by atoms with Crippen LogP contribution in [-0.4, -0.2) is 24.4 Å². The summed E-state index contributed by atoms with van der Waals surface area (Å²) in [4.78, 5) is 12.3. The lowest BCUT2D eigenvalue weighted by atomic mass is 10.1. The van der Waals surface area contributed by atoms with Gasteiger partial charge in [0, 0.05) is 11.3 Å². The molecular formula is C21H18N2O5S. The van der Waals surface area contributed by atoms with Gasteiger partial charge >= 0.3 is 0 Å². The van der Waals surface area contributed by atoms with E-state index in [0.29, 0.717) is 11.1 Å². The number of nitrogen functional groups attached to an aromatic ring is 1. The van der Waals surface area contributed by atoms with Gasteiger partial charge in [-0.15, -0.1) is 0 Å². The number of phenols is 2. The SMILES string of the molecule is Nc1ccccc1S(=O)(=O)Nc1ccc(C(=O)/C=C/c2ccc(O)c(O)c2)cc1. The summed E-state index contributed by atoms with van der Waals surface area (Å²) in [7, 11) is -3.85. The Morgan fingerprint density at radius 3 is 2.28 bits per heavy atom. The second-order valence-corrected chi connectivity index (χ2v) is 7.82. The molecule has 0 bridgehead atoms. The molecule has 3 aromatic carbocycles. The zero-order valence-electron chi connectivity index (χ0n) is 15.1. The predicted octanol–water partition coefficient (Wildman–Crippen LogP) is 3.38. The van der Waals surface area contributed by atoms with Crippen LogP contribution >= 0.6 is 0 Å². The second kappa shape index (κ2) is 8.07. The molecule has 0 spiro atoms. The maximum absolute atomic E-state index is 12.4. The third kappa shape index (κ3) is 4.74. The number of carbonyl (C=O) groups excluding carboxylic acids is 1. The number of carbonyl (C=O) groups is 1. The number of hydrogen-bond acceptors (Lipinski definition) is 6. The van der Waals surface area contributed by atoms with Crippen molar-refractivity contribution in [2.24, 2.45) is 0 Å². The van der Waals surface area contributed by atoms with Crippen LogP contribution in [0.25, 0.3) is 6.08 Å². The Morgan fingerprint density at radius 1 is 0.931 bits per heavy atom. The highest BCUT2D eigenvalue weighted by molar-refractivity contribution is 7.92.